The average molecular weight is 257 g/mol. The van der Waals surface area contributed by atoms with Crippen LogP contribution in [-0.4, -0.2) is 15.2 Å². The van der Waals surface area contributed by atoms with Crippen LogP contribution in [0, 0.1) is 11.8 Å². The van der Waals surface area contributed by atoms with Crippen molar-refractivity contribution in [2.75, 3.05) is 0 Å². The molecule has 3 rings (SSSR count). The van der Waals surface area contributed by atoms with Gasteiger partial charge in [0.1, 0.15) is 5.82 Å². The molecule has 0 aliphatic rings. The minimum atomic E-state index is -0.530. The maximum Gasteiger partial charge on any atom is 0.212 e. The number of aromatic amines is 1. The summed E-state index contributed by atoms with van der Waals surface area (Å²) in [5, 5.41) is 6.99. The number of benzene rings is 1. The molecule has 5 heteroatoms. The lowest BCUT2D eigenvalue weighted by Gasteiger charge is -1.96. The Kier molecular flexibility index (Phi) is 2.79. The first-order valence-electron chi connectivity index (χ1n) is 5.66. The van der Waals surface area contributed by atoms with Gasteiger partial charge in [-0.25, -0.2) is 9.37 Å². The van der Waals surface area contributed by atoms with E-state index < -0.39 is 5.95 Å². The summed E-state index contributed by atoms with van der Waals surface area (Å²) in [6.45, 7) is 0. The molecule has 94 valence electrons. The second kappa shape index (κ2) is 4.61. The third-order valence-electron chi connectivity index (χ3n) is 2.76. The standard InChI is InChI=1S/C14H9F2N3/c15-11-4-1-9(2-5-11)12-7-13(19-18-12)10-3-6-14(16)17-8-10/h1-8H,(H,18,19). The van der Waals surface area contributed by atoms with Gasteiger partial charge < -0.3 is 0 Å². The van der Waals surface area contributed by atoms with Crippen LogP contribution in [0.15, 0.2) is 48.7 Å². The molecule has 0 fully saturated rings. The van der Waals surface area contributed by atoms with Crippen LogP contribution in [0.1, 0.15) is 0 Å². The summed E-state index contributed by atoms with van der Waals surface area (Å²) in [7, 11) is 0. The molecule has 0 atom stereocenters. The Hall–Kier alpha value is -2.56. The van der Waals surface area contributed by atoms with Gasteiger partial charge in [0.05, 0.1) is 11.4 Å². The van der Waals surface area contributed by atoms with Crippen LogP contribution in [0.5, 0.6) is 0 Å². The molecule has 0 radical (unpaired) electrons. The van der Waals surface area contributed by atoms with Crippen LogP contribution < -0.4 is 0 Å². The van der Waals surface area contributed by atoms with E-state index in [0.29, 0.717) is 11.3 Å². The van der Waals surface area contributed by atoms with Crippen molar-refractivity contribution in [3.63, 3.8) is 0 Å². The molecule has 3 aromatic rings. The highest BCUT2D eigenvalue weighted by Gasteiger charge is 2.06. The lowest BCUT2D eigenvalue weighted by atomic mass is 10.1. The summed E-state index contributed by atoms with van der Waals surface area (Å²) in [5.41, 5.74) is 2.97. The summed E-state index contributed by atoms with van der Waals surface area (Å²) < 4.78 is 25.6. The predicted molar refractivity (Wildman–Crippen MR) is 67.2 cm³/mol. The molecule has 0 aliphatic heterocycles. The van der Waals surface area contributed by atoms with Crippen molar-refractivity contribution < 1.29 is 8.78 Å². The predicted octanol–water partition coefficient (Wildman–Crippen LogP) is 3.42. The SMILES string of the molecule is Fc1ccc(-c2cc(-c3ccc(F)nc3)n[nH]2)cc1. The molecule has 0 spiro atoms. The molecular weight excluding hydrogens is 248 g/mol. The second-order valence-corrected chi connectivity index (χ2v) is 4.04. The Bertz CT molecular complexity index is 627. The number of H-pyrrole nitrogens is 1. The zero-order valence-corrected chi connectivity index (χ0v) is 9.77. The molecule has 2 heterocycles. The maximum atomic E-state index is 12.8. The number of hydrogen-bond donors (Lipinski definition) is 1. The van der Waals surface area contributed by atoms with Gasteiger partial charge in [-0.05, 0) is 48.0 Å². The molecule has 3 nitrogen and oxygen atoms in total. The number of hydrogen-bond acceptors (Lipinski definition) is 2. The van der Waals surface area contributed by atoms with Crippen LogP contribution in [-0.2, 0) is 0 Å². The summed E-state index contributed by atoms with van der Waals surface area (Å²) in [6, 6.07) is 10.8. The third-order valence-corrected chi connectivity index (χ3v) is 2.76. The largest absolute Gasteiger partial charge is 0.277 e. The monoisotopic (exact) mass is 257 g/mol. The van der Waals surface area contributed by atoms with Gasteiger partial charge >= 0.3 is 0 Å². The first-order chi connectivity index (χ1) is 9.22. The Labute approximate surface area is 107 Å². The highest BCUT2D eigenvalue weighted by atomic mass is 19.1. The van der Waals surface area contributed by atoms with Gasteiger partial charge in [-0.3, -0.25) is 5.10 Å². The first-order valence-corrected chi connectivity index (χ1v) is 5.66. The number of aromatic nitrogens is 3. The number of pyridine rings is 1. The van der Waals surface area contributed by atoms with Crippen molar-refractivity contribution in [1.29, 1.82) is 0 Å². The molecular formula is C14H9F2N3. The van der Waals surface area contributed by atoms with E-state index in [2.05, 4.69) is 15.2 Å². The number of nitrogens with zero attached hydrogens (tertiary/aromatic N) is 2. The van der Waals surface area contributed by atoms with Crippen molar-refractivity contribution in [2.24, 2.45) is 0 Å². The highest BCUT2D eigenvalue weighted by molar-refractivity contribution is 5.67. The Morgan fingerprint density at radius 1 is 0.895 bits per heavy atom. The van der Waals surface area contributed by atoms with Crippen LogP contribution in [0.4, 0.5) is 8.78 Å². The normalized spacial score (nSPS) is 10.6. The fourth-order valence-electron chi connectivity index (χ4n) is 1.77. The topological polar surface area (TPSA) is 41.6 Å². The first kappa shape index (κ1) is 11.5. The molecule has 0 saturated carbocycles. The number of nitrogens with one attached hydrogen (secondary N) is 1. The molecule has 0 saturated heterocycles. The minimum Gasteiger partial charge on any atom is -0.277 e. The van der Waals surface area contributed by atoms with Crippen molar-refractivity contribution in [2.45, 2.75) is 0 Å². The van der Waals surface area contributed by atoms with Crippen LogP contribution in [0.3, 0.4) is 0 Å². The van der Waals surface area contributed by atoms with E-state index in [9.17, 15) is 8.78 Å². The fourth-order valence-corrected chi connectivity index (χ4v) is 1.77. The van der Waals surface area contributed by atoms with Gasteiger partial charge in [-0.2, -0.15) is 9.49 Å². The van der Waals surface area contributed by atoms with E-state index in [-0.39, 0.29) is 5.82 Å². The van der Waals surface area contributed by atoms with Gasteiger partial charge in [-0.1, -0.05) is 0 Å². The Morgan fingerprint density at radius 3 is 2.32 bits per heavy atom. The molecule has 0 aliphatic carbocycles. The van der Waals surface area contributed by atoms with Gasteiger partial charge in [0.2, 0.25) is 5.95 Å². The molecule has 2 aromatic heterocycles. The Balaban J connectivity index is 1.95. The summed E-state index contributed by atoms with van der Waals surface area (Å²) in [6.07, 6.45) is 1.42. The maximum absolute atomic E-state index is 12.8. The van der Waals surface area contributed by atoms with Crippen molar-refractivity contribution in [3.05, 3.63) is 60.4 Å². The van der Waals surface area contributed by atoms with Gasteiger partial charge in [0, 0.05) is 11.8 Å². The zero-order valence-electron chi connectivity index (χ0n) is 9.77. The molecule has 0 amide bonds. The van der Waals surface area contributed by atoms with Crippen molar-refractivity contribution in [3.8, 4) is 22.5 Å². The van der Waals surface area contributed by atoms with Crippen molar-refractivity contribution in [1.82, 2.24) is 15.2 Å². The van der Waals surface area contributed by atoms with Gasteiger partial charge in [0.15, 0.2) is 0 Å². The lowest BCUT2D eigenvalue weighted by Crippen LogP contribution is -1.83. The minimum absolute atomic E-state index is 0.286. The Morgan fingerprint density at radius 2 is 1.63 bits per heavy atom. The summed E-state index contributed by atoms with van der Waals surface area (Å²) in [4.78, 5) is 3.58. The van der Waals surface area contributed by atoms with E-state index >= 15 is 0 Å². The molecule has 0 bridgehead atoms. The van der Waals surface area contributed by atoms with Gasteiger partial charge in [0.25, 0.3) is 0 Å². The molecule has 0 unspecified atom stereocenters. The number of rotatable bonds is 2. The molecule has 19 heavy (non-hydrogen) atoms. The third kappa shape index (κ3) is 2.35. The average Bonchev–Trinajstić information content (AvgIpc) is 2.90. The zero-order chi connectivity index (χ0) is 13.2. The quantitative estimate of drug-likeness (QED) is 0.715. The van der Waals surface area contributed by atoms with E-state index in [1.54, 1.807) is 18.2 Å². The van der Waals surface area contributed by atoms with E-state index in [4.69, 9.17) is 0 Å². The second-order valence-electron chi connectivity index (χ2n) is 4.04. The van der Waals surface area contributed by atoms with E-state index in [1.165, 1.54) is 24.4 Å². The van der Waals surface area contributed by atoms with E-state index in [1.807, 2.05) is 6.07 Å². The highest BCUT2D eigenvalue weighted by Crippen LogP contribution is 2.23. The van der Waals surface area contributed by atoms with Crippen LogP contribution >= 0.6 is 0 Å². The molecule has 1 N–H and O–H groups in total. The molecule has 1 aromatic carbocycles. The summed E-state index contributed by atoms with van der Waals surface area (Å²) >= 11 is 0. The van der Waals surface area contributed by atoms with Crippen LogP contribution in [0.25, 0.3) is 22.5 Å². The van der Waals surface area contributed by atoms with E-state index in [0.717, 1.165) is 11.3 Å². The smallest absolute Gasteiger partial charge is 0.212 e. The summed E-state index contributed by atoms with van der Waals surface area (Å²) in [5.74, 6) is -0.815. The van der Waals surface area contributed by atoms with Crippen LogP contribution in [0.2, 0.25) is 0 Å². The van der Waals surface area contributed by atoms with Crippen molar-refractivity contribution >= 4 is 0 Å². The number of halogens is 2. The van der Waals surface area contributed by atoms with Gasteiger partial charge in [-0.15, -0.1) is 0 Å². The lowest BCUT2D eigenvalue weighted by molar-refractivity contribution is 0.584. The fraction of sp³-hybridized carbons (Fsp3) is 0.